The molecule has 0 spiro atoms. The zero-order chi connectivity index (χ0) is 55.0. The van der Waals surface area contributed by atoms with E-state index in [9.17, 15) is 30.3 Å². The third kappa shape index (κ3) is 44.0. The van der Waals surface area contributed by atoms with Gasteiger partial charge in [0.2, 0.25) is 5.91 Å². The maximum absolute atomic E-state index is 13.1. The zero-order valence-corrected chi connectivity index (χ0v) is 48.7. The summed E-state index contributed by atoms with van der Waals surface area (Å²) < 4.78 is 11.3. The fourth-order valence-corrected chi connectivity index (χ4v) is 9.50. The first-order valence-electron chi connectivity index (χ1n) is 31.5. The maximum atomic E-state index is 13.1. The number of ether oxygens (including phenoxy) is 2. The number of hydrogen-bond acceptors (Lipinski definition) is 8. The number of carbonyl (C=O) groups excluding carboxylic acids is 1. The van der Waals surface area contributed by atoms with Gasteiger partial charge in [-0.05, 0) is 70.6 Å². The van der Waals surface area contributed by atoms with Crippen LogP contribution in [0.2, 0.25) is 0 Å². The highest BCUT2D eigenvalue weighted by Crippen LogP contribution is 2.23. The van der Waals surface area contributed by atoms with Crippen LogP contribution in [0.5, 0.6) is 0 Å². The van der Waals surface area contributed by atoms with Crippen molar-refractivity contribution in [1.29, 1.82) is 0 Å². The van der Waals surface area contributed by atoms with Crippen molar-refractivity contribution in [1.82, 2.24) is 5.32 Å². The summed E-state index contributed by atoms with van der Waals surface area (Å²) >= 11 is 0. The third-order valence-electron chi connectivity index (χ3n) is 14.4. The summed E-state index contributed by atoms with van der Waals surface area (Å²) in [5.41, 5.74) is 0. The zero-order valence-electron chi connectivity index (χ0n) is 48.7. The number of unbranched alkanes of at least 4 members (excludes halogenated alkanes) is 29. The summed E-state index contributed by atoms with van der Waals surface area (Å²) in [6.45, 7) is 3.65. The first-order valence-corrected chi connectivity index (χ1v) is 31.5. The SMILES string of the molecule is CC/C=C\C/C=C\C/C=C\C/C=C\C/C=C\C/C=C\C/C=C\CCCC(=O)NC(COC1OC(CO)C(O)C(O)C1O)C(O)/C=C/CCCCCCCCCCCCCCCCCCCCCCCCCCCCCC. The number of carbonyl (C=O) groups is 1. The van der Waals surface area contributed by atoms with Gasteiger partial charge < -0.3 is 40.3 Å². The van der Waals surface area contributed by atoms with Gasteiger partial charge in [0.05, 0.1) is 25.4 Å². The van der Waals surface area contributed by atoms with E-state index in [4.69, 9.17) is 9.47 Å². The lowest BCUT2D eigenvalue weighted by molar-refractivity contribution is -0.302. The molecule has 6 N–H and O–H groups in total. The number of amides is 1. The van der Waals surface area contributed by atoms with E-state index in [2.05, 4.69) is 104 Å². The lowest BCUT2D eigenvalue weighted by Crippen LogP contribution is -2.60. The second-order valence-corrected chi connectivity index (χ2v) is 21.5. The molecule has 0 saturated carbocycles. The van der Waals surface area contributed by atoms with Crippen molar-refractivity contribution in [2.75, 3.05) is 13.2 Å². The minimum absolute atomic E-state index is 0.217. The molecule has 7 atom stereocenters. The van der Waals surface area contributed by atoms with E-state index in [0.29, 0.717) is 6.42 Å². The van der Waals surface area contributed by atoms with E-state index < -0.39 is 49.5 Å². The van der Waals surface area contributed by atoms with Gasteiger partial charge in [-0.1, -0.05) is 284 Å². The first-order chi connectivity index (χ1) is 37.3. The molecule has 1 rings (SSSR count). The van der Waals surface area contributed by atoms with E-state index in [1.54, 1.807) is 6.08 Å². The number of aliphatic hydroxyl groups is 5. The Hall–Kier alpha value is -2.89. The van der Waals surface area contributed by atoms with Gasteiger partial charge >= 0.3 is 0 Å². The van der Waals surface area contributed by atoms with Crippen molar-refractivity contribution in [2.24, 2.45) is 0 Å². The van der Waals surface area contributed by atoms with Gasteiger partial charge in [0, 0.05) is 6.42 Å². The Bertz CT molecular complexity index is 1510. The molecule has 1 aliphatic rings. The lowest BCUT2D eigenvalue weighted by Gasteiger charge is -2.40. The smallest absolute Gasteiger partial charge is 0.220 e. The molecule has 1 fully saturated rings. The fraction of sp³-hybridized carbons (Fsp3) is 0.746. The van der Waals surface area contributed by atoms with Crippen LogP contribution in [0.1, 0.15) is 264 Å². The summed E-state index contributed by atoms with van der Waals surface area (Å²) in [5, 5.41) is 54.6. The highest BCUT2D eigenvalue weighted by atomic mass is 16.7. The Morgan fingerprint density at radius 1 is 0.461 bits per heavy atom. The van der Waals surface area contributed by atoms with Gasteiger partial charge in [-0.3, -0.25) is 4.79 Å². The van der Waals surface area contributed by atoms with Crippen molar-refractivity contribution in [3.05, 3.63) is 97.2 Å². The van der Waals surface area contributed by atoms with Gasteiger partial charge in [-0.25, -0.2) is 0 Å². The van der Waals surface area contributed by atoms with Gasteiger partial charge in [-0.15, -0.1) is 0 Å². The van der Waals surface area contributed by atoms with E-state index >= 15 is 0 Å². The Morgan fingerprint density at radius 2 is 0.816 bits per heavy atom. The average Bonchev–Trinajstić information content (AvgIpc) is 3.42. The van der Waals surface area contributed by atoms with Crippen LogP contribution < -0.4 is 5.32 Å². The molecule has 9 heteroatoms. The molecule has 7 unspecified atom stereocenters. The van der Waals surface area contributed by atoms with Crippen LogP contribution in [0, 0.1) is 0 Å². The van der Waals surface area contributed by atoms with Crippen LogP contribution in [-0.4, -0.2) is 87.5 Å². The predicted octanol–water partition coefficient (Wildman–Crippen LogP) is 16.4. The van der Waals surface area contributed by atoms with Crippen LogP contribution >= 0.6 is 0 Å². The summed E-state index contributed by atoms with van der Waals surface area (Å²) in [4.78, 5) is 13.1. The van der Waals surface area contributed by atoms with Gasteiger partial charge in [0.15, 0.2) is 6.29 Å². The molecule has 0 aromatic rings. The molecule has 1 saturated heterocycles. The van der Waals surface area contributed by atoms with E-state index in [1.807, 2.05) is 6.08 Å². The van der Waals surface area contributed by atoms with Crippen LogP contribution in [0.15, 0.2) is 97.2 Å². The maximum Gasteiger partial charge on any atom is 0.220 e. The van der Waals surface area contributed by atoms with Gasteiger partial charge in [0.1, 0.15) is 24.4 Å². The standard InChI is InChI=1S/C67H117NO8/c1-3-5-7-9-11-13-15-17-19-21-23-25-27-28-29-30-31-32-33-35-36-38-40-42-44-46-48-50-52-54-56-61(70)60(59-75-67-66(74)65(73)64(72)62(58-69)76-67)68-63(71)57-55-53-51-49-47-45-43-41-39-37-34-26-24-22-20-18-16-14-12-10-8-6-4-2/h6,8,12,14,18,20,24,26,37,39,43,45,49,51,54,56,60-62,64-67,69-70,72-74H,3-5,7,9-11,13,15-17,19,21-23,25,27-36,38,40-42,44,46-48,50,52-53,55,57-59H2,1-2H3,(H,68,71)/b8-6-,14-12-,20-18-,26-24-,39-37-,45-43-,51-49-,56-54+. The van der Waals surface area contributed by atoms with Gasteiger partial charge in [0.25, 0.3) is 0 Å². The molecule has 1 amide bonds. The second kappa shape index (κ2) is 55.4. The Balaban J connectivity index is 2.23. The number of rotatable bonds is 53. The molecule has 1 heterocycles. The summed E-state index contributed by atoms with van der Waals surface area (Å²) in [5.74, 6) is -0.235. The van der Waals surface area contributed by atoms with Crippen molar-refractivity contribution in [3.63, 3.8) is 0 Å². The third-order valence-corrected chi connectivity index (χ3v) is 14.4. The van der Waals surface area contributed by atoms with Crippen molar-refractivity contribution < 1.29 is 39.8 Å². The highest BCUT2D eigenvalue weighted by Gasteiger charge is 2.44. The summed E-state index contributed by atoms with van der Waals surface area (Å²) in [7, 11) is 0. The molecule has 0 aromatic carbocycles. The number of nitrogens with one attached hydrogen (secondary N) is 1. The van der Waals surface area contributed by atoms with Crippen molar-refractivity contribution >= 4 is 5.91 Å². The average molecular weight is 1060 g/mol. The molecule has 0 radical (unpaired) electrons. The molecule has 1 aliphatic heterocycles. The normalized spacial score (nSPS) is 19.5. The van der Waals surface area contributed by atoms with E-state index in [0.717, 1.165) is 70.6 Å². The molecule has 438 valence electrons. The number of allylic oxidation sites excluding steroid dienone is 15. The minimum Gasteiger partial charge on any atom is -0.394 e. The topological polar surface area (TPSA) is 149 Å². The molecular weight excluding hydrogens is 947 g/mol. The van der Waals surface area contributed by atoms with E-state index in [-0.39, 0.29) is 18.9 Å². The summed E-state index contributed by atoms with van der Waals surface area (Å²) in [6.07, 6.45) is 73.5. The molecule has 0 aromatic heterocycles. The van der Waals surface area contributed by atoms with Crippen molar-refractivity contribution in [3.8, 4) is 0 Å². The number of hydrogen-bond donors (Lipinski definition) is 6. The Morgan fingerprint density at radius 3 is 1.20 bits per heavy atom. The Kier molecular flexibility index (Phi) is 51.9. The fourth-order valence-electron chi connectivity index (χ4n) is 9.50. The largest absolute Gasteiger partial charge is 0.394 e. The monoisotopic (exact) mass is 1060 g/mol. The first kappa shape index (κ1) is 71.1. The quantitative estimate of drug-likeness (QED) is 0.0261. The van der Waals surface area contributed by atoms with E-state index in [1.165, 1.54) is 167 Å². The molecule has 76 heavy (non-hydrogen) atoms. The van der Waals surface area contributed by atoms with Crippen LogP contribution in [0.25, 0.3) is 0 Å². The number of aliphatic hydroxyl groups excluding tert-OH is 5. The minimum atomic E-state index is -1.58. The highest BCUT2D eigenvalue weighted by molar-refractivity contribution is 5.76. The molecule has 9 nitrogen and oxygen atoms in total. The van der Waals surface area contributed by atoms with Gasteiger partial charge in [-0.2, -0.15) is 0 Å². The summed E-state index contributed by atoms with van der Waals surface area (Å²) in [6, 6.07) is -0.844. The van der Waals surface area contributed by atoms with Crippen LogP contribution in [0.4, 0.5) is 0 Å². The van der Waals surface area contributed by atoms with Crippen molar-refractivity contribution in [2.45, 2.75) is 307 Å². The lowest BCUT2D eigenvalue weighted by atomic mass is 9.99. The second-order valence-electron chi connectivity index (χ2n) is 21.5. The molecular formula is C67H117NO8. The van der Waals surface area contributed by atoms with Crippen LogP contribution in [-0.2, 0) is 14.3 Å². The molecule has 0 aliphatic carbocycles. The molecule has 0 bridgehead atoms. The predicted molar refractivity (Wildman–Crippen MR) is 322 cm³/mol. The Labute approximate surface area is 466 Å². The van der Waals surface area contributed by atoms with Crippen LogP contribution in [0.3, 0.4) is 0 Å².